The van der Waals surface area contributed by atoms with Crippen LogP contribution < -0.4 is 4.90 Å². The van der Waals surface area contributed by atoms with E-state index in [4.69, 9.17) is 23.2 Å². The number of hydrogen-bond donors (Lipinski definition) is 0. The van der Waals surface area contributed by atoms with Crippen LogP contribution in [0.15, 0.2) is 42.5 Å². The van der Waals surface area contributed by atoms with Crippen LogP contribution >= 0.6 is 23.2 Å². The average Bonchev–Trinajstić information content (AvgIpc) is 2.77. The van der Waals surface area contributed by atoms with Gasteiger partial charge in [-0.05, 0) is 55.6 Å². The Morgan fingerprint density at radius 3 is 2.57 bits per heavy atom. The van der Waals surface area contributed by atoms with Crippen molar-refractivity contribution in [2.24, 2.45) is 5.92 Å². The van der Waals surface area contributed by atoms with Crippen LogP contribution in [-0.4, -0.2) is 55.0 Å². The van der Waals surface area contributed by atoms with E-state index in [1.54, 1.807) is 0 Å². The predicted molar refractivity (Wildman–Crippen MR) is 124 cm³/mol. The van der Waals surface area contributed by atoms with Crippen LogP contribution in [0, 0.1) is 12.8 Å². The molecule has 0 bridgehead atoms. The Labute approximate surface area is 189 Å². The fraction of sp³-hybridized carbons (Fsp3) is 0.458. The SMILES string of the molecule is Cc1ccc(Cl)cc1N1CCN(C(=O)[C@H]2CCCN(Cc3ccccc3Cl)C2)CC1. The van der Waals surface area contributed by atoms with Crippen LogP contribution in [0.2, 0.25) is 10.0 Å². The summed E-state index contributed by atoms with van der Waals surface area (Å²) in [5, 5.41) is 1.56. The number of benzene rings is 2. The van der Waals surface area contributed by atoms with Crippen LogP contribution in [0.3, 0.4) is 0 Å². The van der Waals surface area contributed by atoms with Gasteiger partial charge in [-0.1, -0.05) is 47.5 Å². The molecule has 160 valence electrons. The van der Waals surface area contributed by atoms with Crippen molar-refractivity contribution in [2.45, 2.75) is 26.3 Å². The third-order valence-electron chi connectivity index (χ3n) is 6.31. The molecular weight excluding hydrogens is 417 g/mol. The fourth-order valence-electron chi connectivity index (χ4n) is 4.62. The zero-order chi connectivity index (χ0) is 21.1. The van der Waals surface area contributed by atoms with Crippen LogP contribution in [0.4, 0.5) is 5.69 Å². The maximum atomic E-state index is 13.2. The molecule has 0 N–H and O–H groups in total. The minimum Gasteiger partial charge on any atom is -0.368 e. The van der Waals surface area contributed by atoms with Gasteiger partial charge in [-0.2, -0.15) is 0 Å². The third-order valence-corrected chi connectivity index (χ3v) is 6.91. The molecule has 2 fully saturated rings. The minimum absolute atomic E-state index is 0.0840. The van der Waals surface area contributed by atoms with Gasteiger partial charge in [0.2, 0.25) is 5.91 Å². The van der Waals surface area contributed by atoms with Crippen LogP contribution in [0.1, 0.15) is 24.0 Å². The topological polar surface area (TPSA) is 26.8 Å². The molecule has 1 atom stereocenters. The van der Waals surface area contributed by atoms with Gasteiger partial charge in [0.25, 0.3) is 0 Å². The van der Waals surface area contributed by atoms with Crippen molar-refractivity contribution in [3.05, 3.63) is 63.6 Å². The lowest BCUT2D eigenvalue weighted by atomic mass is 9.95. The molecular formula is C24H29Cl2N3O. The van der Waals surface area contributed by atoms with Gasteiger partial charge in [0.05, 0.1) is 5.92 Å². The number of likely N-dealkylation sites (tertiary alicyclic amines) is 1. The van der Waals surface area contributed by atoms with Gasteiger partial charge in [-0.25, -0.2) is 0 Å². The first-order valence-corrected chi connectivity index (χ1v) is 11.5. The van der Waals surface area contributed by atoms with Gasteiger partial charge >= 0.3 is 0 Å². The Morgan fingerprint density at radius 2 is 1.80 bits per heavy atom. The molecule has 1 amide bonds. The summed E-state index contributed by atoms with van der Waals surface area (Å²) in [6, 6.07) is 14.0. The van der Waals surface area contributed by atoms with E-state index >= 15 is 0 Å². The van der Waals surface area contributed by atoms with Gasteiger partial charge in [0, 0.05) is 55.0 Å². The molecule has 0 saturated carbocycles. The molecule has 2 saturated heterocycles. The largest absolute Gasteiger partial charge is 0.368 e. The molecule has 2 aromatic carbocycles. The number of piperidine rings is 1. The van der Waals surface area contributed by atoms with Gasteiger partial charge < -0.3 is 9.80 Å². The number of carbonyl (C=O) groups excluding carboxylic acids is 1. The van der Waals surface area contributed by atoms with E-state index in [0.717, 1.165) is 74.3 Å². The average molecular weight is 446 g/mol. The maximum absolute atomic E-state index is 13.2. The Hall–Kier alpha value is -1.75. The minimum atomic E-state index is 0.0840. The Balaban J connectivity index is 1.33. The zero-order valence-electron chi connectivity index (χ0n) is 17.5. The van der Waals surface area contributed by atoms with E-state index in [-0.39, 0.29) is 5.92 Å². The molecule has 2 heterocycles. The molecule has 0 unspecified atom stereocenters. The van der Waals surface area contributed by atoms with E-state index in [1.807, 2.05) is 30.3 Å². The van der Waals surface area contributed by atoms with Crippen LogP contribution in [0.25, 0.3) is 0 Å². The van der Waals surface area contributed by atoms with Crippen molar-refractivity contribution >= 4 is 34.8 Å². The molecule has 0 spiro atoms. The normalized spacial score (nSPS) is 20.4. The summed E-state index contributed by atoms with van der Waals surface area (Å²) in [6.45, 7) is 8.00. The van der Waals surface area contributed by atoms with Crippen molar-refractivity contribution in [3.63, 3.8) is 0 Å². The van der Waals surface area contributed by atoms with Crippen molar-refractivity contribution in [1.82, 2.24) is 9.80 Å². The number of amides is 1. The van der Waals surface area contributed by atoms with Gasteiger partial charge in [-0.3, -0.25) is 9.69 Å². The lowest BCUT2D eigenvalue weighted by molar-refractivity contribution is -0.137. The molecule has 6 heteroatoms. The fourth-order valence-corrected chi connectivity index (χ4v) is 4.98. The standard InChI is InChI=1S/C24H29Cl2N3O/c1-18-8-9-21(25)15-23(18)28-11-13-29(14-12-28)24(30)20-6-4-10-27(17-20)16-19-5-2-3-7-22(19)26/h2-3,5,7-9,15,20H,4,6,10-14,16-17H2,1H3/t20-/m0/s1. The van der Waals surface area contributed by atoms with Crippen LogP contribution in [-0.2, 0) is 11.3 Å². The highest BCUT2D eigenvalue weighted by molar-refractivity contribution is 6.31. The number of rotatable bonds is 4. The summed E-state index contributed by atoms with van der Waals surface area (Å²) in [7, 11) is 0. The Morgan fingerprint density at radius 1 is 1.03 bits per heavy atom. The molecule has 2 aromatic rings. The van der Waals surface area contributed by atoms with Crippen molar-refractivity contribution in [3.8, 4) is 0 Å². The predicted octanol–water partition coefficient (Wildman–Crippen LogP) is 4.86. The summed E-state index contributed by atoms with van der Waals surface area (Å²) in [5.41, 5.74) is 3.54. The first-order valence-electron chi connectivity index (χ1n) is 10.8. The number of hydrogen-bond acceptors (Lipinski definition) is 3. The van der Waals surface area contributed by atoms with E-state index in [0.29, 0.717) is 5.91 Å². The lowest BCUT2D eigenvalue weighted by Crippen LogP contribution is -2.52. The lowest BCUT2D eigenvalue weighted by Gasteiger charge is -2.40. The van der Waals surface area contributed by atoms with Gasteiger partial charge in [-0.15, -0.1) is 0 Å². The number of aryl methyl sites for hydroxylation is 1. The molecule has 0 aromatic heterocycles. The summed E-state index contributed by atoms with van der Waals surface area (Å²) in [5.74, 6) is 0.391. The Kier molecular flexibility index (Phi) is 6.87. The van der Waals surface area contributed by atoms with Crippen molar-refractivity contribution in [1.29, 1.82) is 0 Å². The highest BCUT2D eigenvalue weighted by Crippen LogP contribution is 2.27. The number of nitrogens with zero attached hydrogens (tertiary/aromatic N) is 3. The summed E-state index contributed by atoms with van der Waals surface area (Å²) >= 11 is 12.5. The quantitative estimate of drug-likeness (QED) is 0.671. The second-order valence-electron chi connectivity index (χ2n) is 8.41. The van der Waals surface area contributed by atoms with E-state index < -0.39 is 0 Å². The van der Waals surface area contributed by atoms with E-state index in [1.165, 1.54) is 11.3 Å². The zero-order valence-corrected chi connectivity index (χ0v) is 19.0. The van der Waals surface area contributed by atoms with E-state index in [9.17, 15) is 4.79 Å². The number of carbonyl (C=O) groups is 1. The monoisotopic (exact) mass is 445 g/mol. The summed E-state index contributed by atoms with van der Waals surface area (Å²) in [6.07, 6.45) is 2.04. The second-order valence-corrected chi connectivity index (χ2v) is 9.25. The smallest absolute Gasteiger partial charge is 0.227 e. The van der Waals surface area contributed by atoms with Crippen molar-refractivity contribution < 1.29 is 4.79 Å². The highest BCUT2D eigenvalue weighted by atomic mass is 35.5. The van der Waals surface area contributed by atoms with Gasteiger partial charge in [0.15, 0.2) is 0 Å². The first-order chi connectivity index (χ1) is 14.5. The molecule has 0 aliphatic carbocycles. The number of anilines is 1. The van der Waals surface area contributed by atoms with Gasteiger partial charge in [0.1, 0.15) is 0 Å². The summed E-state index contributed by atoms with van der Waals surface area (Å²) in [4.78, 5) is 20.0. The number of piperazine rings is 1. The maximum Gasteiger partial charge on any atom is 0.227 e. The Bertz CT molecular complexity index is 896. The van der Waals surface area contributed by atoms with Crippen LogP contribution in [0.5, 0.6) is 0 Å². The first kappa shape index (κ1) is 21.5. The number of halogens is 2. The second kappa shape index (κ2) is 9.59. The molecule has 2 aliphatic rings. The van der Waals surface area contributed by atoms with Crippen molar-refractivity contribution in [2.75, 3.05) is 44.2 Å². The molecule has 2 aliphatic heterocycles. The molecule has 0 radical (unpaired) electrons. The highest BCUT2D eigenvalue weighted by Gasteiger charge is 2.31. The van der Waals surface area contributed by atoms with E-state index in [2.05, 4.69) is 33.8 Å². The summed E-state index contributed by atoms with van der Waals surface area (Å²) < 4.78 is 0. The molecule has 4 rings (SSSR count). The third kappa shape index (κ3) is 4.93. The molecule has 4 nitrogen and oxygen atoms in total. The molecule has 30 heavy (non-hydrogen) atoms.